The normalized spacial score (nSPS) is 10.0. The van der Waals surface area contributed by atoms with Crippen molar-refractivity contribution in [2.24, 2.45) is 5.84 Å². The summed E-state index contributed by atoms with van der Waals surface area (Å²) in [7, 11) is 0. The van der Waals surface area contributed by atoms with E-state index in [4.69, 9.17) is 17.4 Å². The van der Waals surface area contributed by atoms with Crippen LogP contribution in [0.4, 0.5) is 9.18 Å². The van der Waals surface area contributed by atoms with Gasteiger partial charge in [0.25, 0.3) is 0 Å². The summed E-state index contributed by atoms with van der Waals surface area (Å²) in [5.74, 6) is 4.57. The fourth-order valence-electron chi connectivity index (χ4n) is 1.24. The zero-order valence-electron chi connectivity index (χ0n) is 8.81. The lowest BCUT2D eigenvalue weighted by atomic mass is 10.1. The molecule has 0 unspecified atom stereocenters. The largest absolute Gasteiger partial charge is 0.337 e. The van der Waals surface area contributed by atoms with Crippen LogP contribution in [0.25, 0.3) is 0 Å². The molecule has 88 valence electrons. The van der Waals surface area contributed by atoms with Gasteiger partial charge in [0.15, 0.2) is 0 Å². The van der Waals surface area contributed by atoms with Crippen molar-refractivity contribution in [2.75, 3.05) is 6.54 Å². The molecule has 0 fully saturated rings. The molecule has 0 saturated heterocycles. The van der Waals surface area contributed by atoms with E-state index in [0.717, 1.165) is 0 Å². The molecule has 4 nitrogen and oxygen atoms in total. The molecule has 0 bridgehead atoms. The standard InChI is InChI=1S/C10H13ClFN3O/c1-6-4-8(11)7(5-9(6)12)2-3-14-10(16)15-13/h4-5H,2-3,13H2,1H3,(H2,14,15,16). The highest BCUT2D eigenvalue weighted by Crippen LogP contribution is 2.20. The van der Waals surface area contributed by atoms with Gasteiger partial charge >= 0.3 is 6.03 Å². The van der Waals surface area contributed by atoms with E-state index in [9.17, 15) is 9.18 Å². The van der Waals surface area contributed by atoms with Crippen LogP contribution in [0.2, 0.25) is 5.02 Å². The highest BCUT2D eigenvalue weighted by molar-refractivity contribution is 6.31. The molecule has 0 heterocycles. The molecule has 1 aromatic carbocycles. The number of nitrogens with one attached hydrogen (secondary N) is 2. The smallest absolute Gasteiger partial charge is 0.328 e. The Morgan fingerprint density at radius 1 is 1.56 bits per heavy atom. The fourth-order valence-corrected chi connectivity index (χ4v) is 1.55. The third-order valence-electron chi connectivity index (χ3n) is 2.14. The molecule has 0 aliphatic heterocycles. The third kappa shape index (κ3) is 3.36. The quantitative estimate of drug-likeness (QED) is 0.429. The van der Waals surface area contributed by atoms with Gasteiger partial charge in [-0.3, -0.25) is 5.43 Å². The minimum absolute atomic E-state index is 0.303. The van der Waals surface area contributed by atoms with Crippen molar-refractivity contribution in [1.29, 1.82) is 0 Å². The molecule has 1 aromatic rings. The first-order valence-electron chi connectivity index (χ1n) is 4.73. The van der Waals surface area contributed by atoms with Crippen molar-refractivity contribution in [3.63, 3.8) is 0 Å². The van der Waals surface area contributed by atoms with E-state index in [0.29, 0.717) is 29.1 Å². The predicted octanol–water partition coefficient (Wildman–Crippen LogP) is 1.50. The topological polar surface area (TPSA) is 67.2 Å². The highest BCUT2D eigenvalue weighted by atomic mass is 35.5. The molecule has 6 heteroatoms. The summed E-state index contributed by atoms with van der Waals surface area (Å²) in [5.41, 5.74) is 3.09. The van der Waals surface area contributed by atoms with Gasteiger partial charge in [0.05, 0.1) is 0 Å². The Labute approximate surface area is 97.9 Å². The zero-order chi connectivity index (χ0) is 12.1. The van der Waals surface area contributed by atoms with Crippen LogP contribution in [0.5, 0.6) is 0 Å². The van der Waals surface area contributed by atoms with Gasteiger partial charge in [-0.2, -0.15) is 0 Å². The molecule has 0 radical (unpaired) electrons. The number of carbonyl (C=O) groups excluding carboxylic acids is 1. The molecular formula is C10H13ClFN3O. The molecule has 4 N–H and O–H groups in total. The summed E-state index contributed by atoms with van der Waals surface area (Å²) in [4.78, 5) is 10.8. The number of urea groups is 1. The summed E-state index contributed by atoms with van der Waals surface area (Å²) in [6.45, 7) is 1.98. The van der Waals surface area contributed by atoms with Gasteiger partial charge in [-0.05, 0) is 36.6 Å². The average molecular weight is 246 g/mol. The van der Waals surface area contributed by atoms with E-state index in [1.807, 2.05) is 5.43 Å². The van der Waals surface area contributed by atoms with Gasteiger partial charge in [0.1, 0.15) is 5.82 Å². The minimum Gasteiger partial charge on any atom is -0.337 e. The van der Waals surface area contributed by atoms with Crippen LogP contribution in [0.15, 0.2) is 12.1 Å². The molecule has 16 heavy (non-hydrogen) atoms. The van der Waals surface area contributed by atoms with Crippen molar-refractivity contribution in [3.8, 4) is 0 Å². The van der Waals surface area contributed by atoms with Crippen LogP contribution in [-0.2, 0) is 6.42 Å². The third-order valence-corrected chi connectivity index (χ3v) is 2.49. The molecule has 1 rings (SSSR count). The molecular weight excluding hydrogens is 233 g/mol. The van der Waals surface area contributed by atoms with E-state index in [1.54, 1.807) is 13.0 Å². The lowest BCUT2D eigenvalue weighted by Crippen LogP contribution is -2.40. The van der Waals surface area contributed by atoms with E-state index in [-0.39, 0.29) is 5.82 Å². The van der Waals surface area contributed by atoms with E-state index < -0.39 is 6.03 Å². The van der Waals surface area contributed by atoms with E-state index >= 15 is 0 Å². The van der Waals surface area contributed by atoms with Gasteiger partial charge in [-0.1, -0.05) is 11.6 Å². The van der Waals surface area contributed by atoms with Crippen molar-refractivity contribution < 1.29 is 9.18 Å². The maximum absolute atomic E-state index is 13.2. The van der Waals surface area contributed by atoms with Crippen LogP contribution in [0.3, 0.4) is 0 Å². The number of carbonyl (C=O) groups is 1. The Hall–Kier alpha value is -1.33. The number of hydrogen-bond donors (Lipinski definition) is 3. The molecule has 0 aliphatic rings. The first-order chi connectivity index (χ1) is 7.54. The molecule has 0 aromatic heterocycles. The monoisotopic (exact) mass is 245 g/mol. The van der Waals surface area contributed by atoms with Crippen molar-refractivity contribution >= 4 is 17.6 Å². The second-order valence-electron chi connectivity index (χ2n) is 3.34. The number of hydrogen-bond acceptors (Lipinski definition) is 2. The first kappa shape index (κ1) is 12.7. The summed E-state index contributed by atoms with van der Waals surface area (Å²) >= 11 is 5.93. The van der Waals surface area contributed by atoms with Crippen LogP contribution >= 0.6 is 11.6 Å². The van der Waals surface area contributed by atoms with Crippen molar-refractivity contribution in [1.82, 2.24) is 10.7 Å². The lowest BCUT2D eigenvalue weighted by Gasteiger charge is -2.07. The molecule has 0 atom stereocenters. The van der Waals surface area contributed by atoms with E-state index in [1.165, 1.54) is 6.07 Å². The maximum Gasteiger partial charge on any atom is 0.328 e. The van der Waals surface area contributed by atoms with Gasteiger partial charge in [-0.15, -0.1) is 0 Å². The number of amides is 2. The summed E-state index contributed by atoms with van der Waals surface area (Å²) in [5, 5.41) is 2.98. The Morgan fingerprint density at radius 2 is 2.25 bits per heavy atom. The van der Waals surface area contributed by atoms with Gasteiger partial charge < -0.3 is 5.32 Å². The van der Waals surface area contributed by atoms with Crippen molar-refractivity contribution in [2.45, 2.75) is 13.3 Å². The first-order valence-corrected chi connectivity index (χ1v) is 5.11. The van der Waals surface area contributed by atoms with Gasteiger partial charge in [0.2, 0.25) is 0 Å². The van der Waals surface area contributed by atoms with Crippen LogP contribution < -0.4 is 16.6 Å². The average Bonchev–Trinajstić information content (AvgIpc) is 2.25. The SMILES string of the molecule is Cc1cc(Cl)c(CCNC(=O)NN)cc1F. The van der Waals surface area contributed by atoms with E-state index in [2.05, 4.69) is 5.32 Å². The number of benzene rings is 1. The molecule has 0 aliphatic carbocycles. The maximum atomic E-state index is 13.2. The second-order valence-corrected chi connectivity index (χ2v) is 3.75. The van der Waals surface area contributed by atoms with Gasteiger partial charge in [0, 0.05) is 11.6 Å². The summed E-state index contributed by atoms with van der Waals surface area (Å²) in [6.07, 6.45) is 0.448. The second kappa shape index (κ2) is 5.67. The molecule has 2 amide bonds. The Kier molecular flexibility index (Phi) is 4.52. The number of nitrogens with two attached hydrogens (primary N) is 1. The summed E-state index contributed by atoms with van der Waals surface area (Å²) < 4.78 is 13.2. The van der Waals surface area contributed by atoms with Gasteiger partial charge in [-0.25, -0.2) is 15.0 Å². The summed E-state index contributed by atoms with van der Waals surface area (Å²) in [6, 6.07) is 2.46. The number of rotatable bonds is 3. The lowest BCUT2D eigenvalue weighted by molar-refractivity contribution is 0.241. The Balaban J connectivity index is 2.60. The predicted molar refractivity (Wildman–Crippen MR) is 60.6 cm³/mol. The Morgan fingerprint density at radius 3 is 2.88 bits per heavy atom. The number of hydrazine groups is 1. The number of halogens is 2. The highest BCUT2D eigenvalue weighted by Gasteiger charge is 2.06. The van der Waals surface area contributed by atoms with Crippen molar-refractivity contribution in [3.05, 3.63) is 34.1 Å². The van der Waals surface area contributed by atoms with Crippen LogP contribution in [0.1, 0.15) is 11.1 Å². The number of aryl methyl sites for hydroxylation is 1. The zero-order valence-corrected chi connectivity index (χ0v) is 9.57. The minimum atomic E-state index is -0.483. The molecule has 0 spiro atoms. The Bertz CT molecular complexity index is 398. The molecule has 0 saturated carbocycles. The van der Waals surface area contributed by atoms with Crippen LogP contribution in [-0.4, -0.2) is 12.6 Å². The fraction of sp³-hybridized carbons (Fsp3) is 0.300. The van der Waals surface area contributed by atoms with Crippen LogP contribution in [0, 0.1) is 12.7 Å².